The van der Waals surface area contributed by atoms with E-state index in [1.165, 1.54) is 45.1 Å². The molecule has 0 amide bonds. The van der Waals surface area contributed by atoms with Gasteiger partial charge in [-0.25, -0.2) is 0 Å². The lowest BCUT2D eigenvalue weighted by Crippen LogP contribution is -2.47. The minimum absolute atomic E-state index is 0.529. The summed E-state index contributed by atoms with van der Waals surface area (Å²) >= 11 is 0. The maximum Gasteiger partial charge on any atom is 0.0484 e. The minimum atomic E-state index is 0.529. The number of hydrogen-bond donors (Lipinski definition) is 1. The van der Waals surface area contributed by atoms with Gasteiger partial charge in [-0.1, -0.05) is 44.0 Å². The average molecular weight is 286 g/mol. The third-order valence-corrected chi connectivity index (χ3v) is 5.35. The maximum absolute atomic E-state index is 3.83. The number of fused-ring (bicyclic) bond motifs is 1. The van der Waals surface area contributed by atoms with Crippen LogP contribution in [-0.2, 0) is 6.42 Å². The van der Waals surface area contributed by atoms with E-state index in [1.54, 1.807) is 11.1 Å². The van der Waals surface area contributed by atoms with Gasteiger partial charge in [0.25, 0.3) is 0 Å². The monoisotopic (exact) mass is 286 g/mol. The highest BCUT2D eigenvalue weighted by Crippen LogP contribution is 2.36. The van der Waals surface area contributed by atoms with Crippen LogP contribution in [0.25, 0.3) is 0 Å². The van der Waals surface area contributed by atoms with Crippen LogP contribution in [0, 0.1) is 0 Å². The fourth-order valence-corrected chi connectivity index (χ4v) is 4.22. The van der Waals surface area contributed by atoms with Crippen molar-refractivity contribution in [2.75, 3.05) is 13.1 Å². The van der Waals surface area contributed by atoms with E-state index < -0.39 is 0 Å². The predicted molar refractivity (Wildman–Crippen MR) is 89.6 cm³/mol. The van der Waals surface area contributed by atoms with E-state index in [9.17, 15) is 0 Å². The lowest BCUT2D eigenvalue weighted by Gasteiger charge is -2.37. The van der Waals surface area contributed by atoms with Gasteiger partial charge in [-0.3, -0.25) is 4.90 Å². The fraction of sp³-hybridized carbons (Fsp3) is 0.684. The number of nitrogens with zero attached hydrogens (tertiary/aromatic N) is 1. The molecule has 0 aromatic heterocycles. The van der Waals surface area contributed by atoms with Gasteiger partial charge in [0, 0.05) is 18.1 Å². The van der Waals surface area contributed by atoms with E-state index in [0.717, 1.165) is 12.6 Å². The summed E-state index contributed by atoms with van der Waals surface area (Å²) in [6.07, 6.45) is 7.99. The van der Waals surface area contributed by atoms with Crippen molar-refractivity contribution in [1.82, 2.24) is 10.2 Å². The number of hydrogen-bond acceptors (Lipinski definition) is 2. The molecule has 116 valence electrons. The smallest absolute Gasteiger partial charge is 0.0484 e. The van der Waals surface area contributed by atoms with Crippen LogP contribution < -0.4 is 5.32 Å². The van der Waals surface area contributed by atoms with Crippen LogP contribution in [0.4, 0.5) is 0 Å². The van der Waals surface area contributed by atoms with Crippen molar-refractivity contribution in [3.8, 4) is 0 Å². The Labute approximate surface area is 129 Å². The first-order chi connectivity index (χ1) is 10.3. The largest absolute Gasteiger partial charge is 0.309 e. The molecule has 1 heterocycles. The van der Waals surface area contributed by atoms with Gasteiger partial charge in [-0.2, -0.15) is 0 Å². The van der Waals surface area contributed by atoms with Gasteiger partial charge in [0.1, 0.15) is 0 Å². The molecule has 0 saturated carbocycles. The third-order valence-electron chi connectivity index (χ3n) is 5.35. The van der Waals surface area contributed by atoms with Crippen LogP contribution in [0.1, 0.15) is 63.1 Å². The molecule has 1 fully saturated rings. The zero-order chi connectivity index (χ0) is 14.7. The maximum atomic E-state index is 3.83. The Kier molecular flexibility index (Phi) is 4.97. The molecule has 1 saturated heterocycles. The first-order valence-electron chi connectivity index (χ1n) is 8.88. The Morgan fingerprint density at radius 3 is 2.90 bits per heavy atom. The molecule has 0 spiro atoms. The van der Waals surface area contributed by atoms with Gasteiger partial charge in [0.2, 0.25) is 0 Å². The topological polar surface area (TPSA) is 15.3 Å². The van der Waals surface area contributed by atoms with Gasteiger partial charge >= 0.3 is 0 Å². The molecule has 1 aliphatic carbocycles. The zero-order valence-electron chi connectivity index (χ0n) is 13.6. The Morgan fingerprint density at radius 2 is 2.05 bits per heavy atom. The zero-order valence-corrected chi connectivity index (χ0v) is 13.6. The first kappa shape index (κ1) is 15.1. The van der Waals surface area contributed by atoms with Crippen LogP contribution in [0.2, 0.25) is 0 Å². The molecule has 0 radical (unpaired) electrons. The van der Waals surface area contributed by atoms with Crippen molar-refractivity contribution in [3.63, 3.8) is 0 Å². The number of benzene rings is 1. The van der Waals surface area contributed by atoms with Gasteiger partial charge in [0.05, 0.1) is 0 Å². The van der Waals surface area contributed by atoms with Gasteiger partial charge < -0.3 is 5.32 Å². The average Bonchev–Trinajstić information content (AvgIpc) is 2.72. The van der Waals surface area contributed by atoms with E-state index in [-0.39, 0.29) is 0 Å². The standard InChI is InChI=1S/C19H30N2/c1-3-12-20-19-17-11-7-6-10-16(17)14-18(19)21-13-8-4-5-9-15(21)2/h6-7,10-11,15,18-20H,3-5,8-9,12-14H2,1-2H3. The first-order valence-corrected chi connectivity index (χ1v) is 8.88. The quantitative estimate of drug-likeness (QED) is 0.902. The molecular weight excluding hydrogens is 256 g/mol. The van der Waals surface area contributed by atoms with Crippen molar-refractivity contribution in [2.45, 2.75) is 70.5 Å². The molecule has 0 bridgehead atoms. The Bertz CT molecular complexity index is 457. The summed E-state index contributed by atoms with van der Waals surface area (Å²) in [6.45, 7) is 7.10. The Balaban J connectivity index is 1.83. The summed E-state index contributed by atoms with van der Waals surface area (Å²) < 4.78 is 0. The lowest BCUT2D eigenvalue weighted by atomic mass is 10.0. The molecule has 21 heavy (non-hydrogen) atoms. The lowest BCUT2D eigenvalue weighted by molar-refractivity contribution is 0.123. The van der Waals surface area contributed by atoms with Gasteiger partial charge in [0.15, 0.2) is 0 Å². The second-order valence-corrected chi connectivity index (χ2v) is 6.84. The molecule has 3 atom stereocenters. The fourth-order valence-electron chi connectivity index (χ4n) is 4.22. The number of nitrogens with one attached hydrogen (secondary N) is 1. The predicted octanol–water partition coefficient (Wildman–Crippen LogP) is 3.92. The van der Waals surface area contributed by atoms with Crippen LogP contribution in [0.3, 0.4) is 0 Å². The summed E-state index contributed by atoms with van der Waals surface area (Å²) in [5.41, 5.74) is 3.11. The second-order valence-electron chi connectivity index (χ2n) is 6.84. The molecule has 1 aliphatic heterocycles. The van der Waals surface area contributed by atoms with Crippen LogP contribution in [-0.4, -0.2) is 30.1 Å². The number of likely N-dealkylation sites (tertiary alicyclic amines) is 1. The third kappa shape index (κ3) is 3.17. The van der Waals surface area contributed by atoms with E-state index in [2.05, 4.69) is 48.3 Å². The van der Waals surface area contributed by atoms with Gasteiger partial charge in [-0.05, 0) is 56.8 Å². The summed E-state index contributed by atoms with van der Waals surface area (Å²) in [5, 5.41) is 3.83. The van der Waals surface area contributed by atoms with Crippen LogP contribution in [0.5, 0.6) is 0 Å². The highest BCUT2D eigenvalue weighted by atomic mass is 15.2. The molecule has 2 heteroatoms. The number of rotatable bonds is 4. The Hall–Kier alpha value is -0.860. The van der Waals surface area contributed by atoms with Crippen molar-refractivity contribution >= 4 is 0 Å². The molecular formula is C19H30N2. The second kappa shape index (κ2) is 6.93. The molecule has 1 aromatic rings. The van der Waals surface area contributed by atoms with Gasteiger partial charge in [-0.15, -0.1) is 0 Å². The van der Waals surface area contributed by atoms with Crippen molar-refractivity contribution in [1.29, 1.82) is 0 Å². The van der Waals surface area contributed by atoms with E-state index >= 15 is 0 Å². The summed E-state index contributed by atoms with van der Waals surface area (Å²) in [6, 6.07) is 11.0. The summed E-state index contributed by atoms with van der Waals surface area (Å²) in [7, 11) is 0. The molecule has 3 unspecified atom stereocenters. The molecule has 3 rings (SSSR count). The summed E-state index contributed by atoms with van der Waals surface area (Å²) in [4.78, 5) is 2.81. The van der Waals surface area contributed by atoms with Crippen molar-refractivity contribution < 1.29 is 0 Å². The molecule has 2 aliphatic rings. The van der Waals surface area contributed by atoms with Crippen molar-refractivity contribution in [3.05, 3.63) is 35.4 Å². The SMILES string of the molecule is CCCNC1c2ccccc2CC1N1CCCCCC1C. The highest BCUT2D eigenvalue weighted by Gasteiger charge is 2.37. The van der Waals surface area contributed by atoms with Crippen LogP contribution in [0.15, 0.2) is 24.3 Å². The molecule has 2 nitrogen and oxygen atoms in total. The Morgan fingerprint density at radius 1 is 1.19 bits per heavy atom. The minimum Gasteiger partial charge on any atom is -0.309 e. The van der Waals surface area contributed by atoms with Crippen molar-refractivity contribution in [2.24, 2.45) is 0 Å². The summed E-state index contributed by atoms with van der Waals surface area (Å²) in [5.74, 6) is 0. The molecule has 1 aromatic carbocycles. The van der Waals surface area contributed by atoms with E-state index in [4.69, 9.17) is 0 Å². The highest BCUT2D eigenvalue weighted by molar-refractivity contribution is 5.37. The van der Waals surface area contributed by atoms with Crippen LogP contribution >= 0.6 is 0 Å². The molecule has 1 N–H and O–H groups in total. The van der Waals surface area contributed by atoms with E-state index in [1.807, 2.05) is 0 Å². The van der Waals surface area contributed by atoms with E-state index in [0.29, 0.717) is 12.1 Å². The normalized spacial score (nSPS) is 30.1.